The van der Waals surface area contributed by atoms with Crippen LogP contribution in [0, 0.1) is 11.3 Å². The van der Waals surface area contributed by atoms with Crippen LogP contribution in [0.2, 0.25) is 0 Å². The molecule has 5 heteroatoms. The van der Waals surface area contributed by atoms with Gasteiger partial charge in [-0.15, -0.1) is 24.0 Å². The number of nitriles is 1. The minimum atomic E-state index is 0. The summed E-state index contributed by atoms with van der Waals surface area (Å²) in [7, 11) is 0. The average Bonchev–Trinajstić information content (AvgIpc) is 2.54. The van der Waals surface area contributed by atoms with Crippen molar-refractivity contribution < 1.29 is 0 Å². The standard InChI is InChI=1S/C17H18N4.HI/c18-12-15-6-8-16(9-7-15)13-21-17(19)20-11-10-14-4-2-1-3-5-14;/h1-9H,10-11,13H2,(H3,19,20,21);1H. The normalized spacial score (nSPS) is 10.4. The van der Waals surface area contributed by atoms with Gasteiger partial charge >= 0.3 is 0 Å². The molecule has 3 N–H and O–H groups in total. The molecule has 0 unspecified atom stereocenters. The summed E-state index contributed by atoms with van der Waals surface area (Å²) in [5, 5.41) is 11.8. The van der Waals surface area contributed by atoms with Gasteiger partial charge in [-0.05, 0) is 29.7 Å². The molecule has 2 rings (SSSR count). The maximum atomic E-state index is 8.73. The maximum absolute atomic E-state index is 8.73. The summed E-state index contributed by atoms with van der Waals surface area (Å²) in [6.45, 7) is 1.27. The fourth-order valence-electron chi connectivity index (χ4n) is 1.90. The van der Waals surface area contributed by atoms with Crippen LogP contribution in [0.3, 0.4) is 0 Å². The third-order valence-corrected chi connectivity index (χ3v) is 3.08. The minimum Gasteiger partial charge on any atom is -0.370 e. The average molecular weight is 406 g/mol. The Kier molecular flexibility index (Phi) is 8.00. The van der Waals surface area contributed by atoms with Crippen molar-refractivity contribution in [3.05, 3.63) is 71.3 Å². The summed E-state index contributed by atoms with van der Waals surface area (Å²) in [4.78, 5) is 4.28. The molecule has 0 amide bonds. The molecule has 114 valence electrons. The van der Waals surface area contributed by atoms with Crippen molar-refractivity contribution in [1.82, 2.24) is 5.32 Å². The lowest BCUT2D eigenvalue weighted by Gasteiger charge is -2.06. The lowest BCUT2D eigenvalue weighted by Crippen LogP contribution is -2.33. The molecule has 0 fully saturated rings. The third-order valence-electron chi connectivity index (χ3n) is 3.08. The van der Waals surface area contributed by atoms with Gasteiger partial charge in [-0.2, -0.15) is 5.26 Å². The lowest BCUT2D eigenvalue weighted by atomic mass is 10.1. The summed E-state index contributed by atoms with van der Waals surface area (Å²) >= 11 is 0. The summed E-state index contributed by atoms with van der Waals surface area (Å²) in [6.07, 6.45) is 0.911. The lowest BCUT2D eigenvalue weighted by molar-refractivity contribution is 0.848. The van der Waals surface area contributed by atoms with Gasteiger partial charge in [-0.25, -0.2) is 4.99 Å². The van der Waals surface area contributed by atoms with Crippen molar-refractivity contribution in [1.29, 1.82) is 5.26 Å². The Morgan fingerprint density at radius 1 is 1.05 bits per heavy atom. The molecule has 0 radical (unpaired) electrons. The van der Waals surface area contributed by atoms with Gasteiger partial charge < -0.3 is 11.1 Å². The van der Waals surface area contributed by atoms with Gasteiger partial charge in [0, 0.05) is 6.54 Å². The number of aliphatic imine (C=N–C) groups is 1. The number of hydrogen-bond acceptors (Lipinski definition) is 2. The van der Waals surface area contributed by atoms with E-state index in [-0.39, 0.29) is 24.0 Å². The molecule has 4 nitrogen and oxygen atoms in total. The molecular weight excluding hydrogens is 387 g/mol. The number of rotatable bonds is 5. The fourth-order valence-corrected chi connectivity index (χ4v) is 1.90. The molecule has 2 aromatic rings. The van der Waals surface area contributed by atoms with E-state index < -0.39 is 0 Å². The number of hydrogen-bond donors (Lipinski definition) is 2. The second-order valence-electron chi connectivity index (χ2n) is 4.67. The molecule has 0 saturated carbocycles. The fraction of sp³-hybridized carbons (Fsp3) is 0.176. The summed E-state index contributed by atoms with van der Waals surface area (Å²) in [5.74, 6) is 0.440. The highest BCUT2D eigenvalue weighted by Gasteiger charge is 1.96. The molecule has 0 spiro atoms. The zero-order chi connectivity index (χ0) is 14.9. The predicted molar refractivity (Wildman–Crippen MR) is 100 cm³/mol. The first-order valence-electron chi connectivity index (χ1n) is 6.84. The second-order valence-corrected chi connectivity index (χ2v) is 4.67. The van der Waals surface area contributed by atoms with Crippen LogP contribution in [-0.2, 0) is 13.0 Å². The van der Waals surface area contributed by atoms with Gasteiger partial charge in [0.25, 0.3) is 0 Å². The maximum Gasteiger partial charge on any atom is 0.188 e. The SMILES string of the molecule is I.N#Cc1ccc(CN=C(N)NCCc2ccccc2)cc1. The van der Waals surface area contributed by atoms with Crippen molar-refractivity contribution in [2.75, 3.05) is 6.54 Å². The zero-order valence-electron chi connectivity index (χ0n) is 12.2. The van der Waals surface area contributed by atoms with E-state index in [1.165, 1.54) is 5.56 Å². The van der Waals surface area contributed by atoms with Crippen LogP contribution in [0.15, 0.2) is 59.6 Å². The highest BCUT2D eigenvalue weighted by molar-refractivity contribution is 14.0. The number of nitrogens with two attached hydrogens (primary N) is 1. The van der Waals surface area contributed by atoms with Gasteiger partial charge in [-0.3, -0.25) is 0 Å². The van der Waals surface area contributed by atoms with Crippen LogP contribution in [-0.4, -0.2) is 12.5 Å². The van der Waals surface area contributed by atoms with E-state index in [1.807, 2.05) is 30.3 Å². The topological polar surface area (TPSA) is 74.2 Å². The van der Waals surface area contributed by atoms with Crippen LogP contribution >= 0.6 is 24.0 Å². The Bertz CT molecular complexity index is 630. The first kappa shape index (κ1) is 18.0. The van der Waals surface area contributed by atoms with Crippen molar-refractivity contribution in [3.8, 4) is 6.07 Å². The molecule has 0 atom stereocenters. The first-order valence-corrected chi connectivity index (χ1v) is 6.84. The summed E-state index contributed by atoms with van der Waals surface area (Å²) in [6, 6.07) is 19.7. The Morgan fingerprint density at radius 3 is 2.36 bits per heavy atom. The molecule has 0 aliphatic carbocycles. The molecule has 0 saturated heterocycles. The van der Waals surface area contributed by atoms with E-state index >= 15 is 0 Å². The van der Waals surface area contributed by atoms with E-state index in [2.05, 4.69) is 28.5 Å². The van der Waals surface area contributed by atoms with Crippen molar-refractivity contribution in [2.45, 2.75) is 13.0 Å². The Morgan fingerprint density at radius 2 is 1.73 bits per heavy atom. The van der Waals surface area contributed by atoms with E-state index in [4.69, 9.17) is 11.0 Å². The van der Waals surface area contributed by atoms with Crippen LogP contribution in [0.5, 0.6) is 0 Å². The molecule has 0 aromatic heterocycles. The number of halogens is 1. The highest BCUT2D eigenvalue weighted by Crippen LogP contribution is 2.04. The van der Waals surface area contributed by atoms with Crippen LogP contribution in [0.25, 0.3) is 0 Å². The van der Waals surface area contributed by atoms with Crippen LogP contribution in [0.4, 0.5) is 0 Å². The van der Waals surface area contributed by atoms with Gasteiger partial charge in [0.15, 0.2) is 5.96 Å². The molecule has 0 bridgehead atoms. The van der Waals surface area contributed by atoms with Gasteiger partial charge in [0.05, 0.1) is 18.2 Å². The Labute approximate surface area is 148 Å². The predicted octanol–water partition coefficient (Wildman–Crippen LogP) is 2.82. The smallest absolute Gasteiger partial charge is 0.188 e. The van der Waals surface area contributed by atoms with E-state index in [0.717, 1.165) is 18.5 Å². The number of benzene rings is 2. The van der Waals surface area contributed by atoms with Gasteiger partial charge in [0.2, 0.25) is 0 Å². The monoisotopic (exact) mass is 406 g/mol. The quantitative estimate of drug-likeness (QED) is 0.456. The summed E-state index contributed by atoms with van der Waals surface area (Å²) in [5.41, 5.74) is 8.78. The van der Waals surface area contributed by atoms with E-state index in [0.29, 0.717) is 18.1 Å². The minimum absolute atomic E-state index is 0. The largest absolute Gasteiger partial charge is 0.370 e. The van der Waals surface area contributed by atoms with Crippen molar-refractivity contribution in [3.63, 3.8) is 0 Å². The molecular formula is C17H19IN4. The number of nitrogens with zero attached hydrogens (tertiary/aromatic N) is 2. The molecule has 22 heavy (non-hydrogen) atoms. The second kappa shape index (κ2) is 9.79. The molecule has 0 aliphatic rings. The van der Waals surface area contributed by atoms with Crippen LogP contribution in [0.1, 0.15) is 16.7 Å². The highest BCUT2D eigenvalue weighted by atomic mass is 127. The Hall–Kier alpha value is -2.07. The first-order chi connectivity index (χ1) is 10.3. The zero-order valence-corrected chi connectivity index (χ0v) is 14.5. The number of guanidine groups is 1. The van der Waals surface area contributed by atoms with E-state index in [1.54, 1.807) is 12.1 Å². The number of nitrogens with one attached hydrogen (secondary N) is 1. The van der Waals surface area contributed by atoms with E-state index in [9.17, 15) is 0 Å². The molecule has 0 heterocycles. The Balaban J connectivity index is 0.00000242. The van der Waals surface area contributed by atoms with Crippen molar-refractivity contribution >= 4 is 29.9 Å². The van der Waals surface area contributed by atoms with Gasteiger partial charge in [0.1, 0.15) is 0 Å². The van der Waals surface area contributed by atoms with Crippen LogP contribution < -0.4 is 11.1 Å². The summed E-state index contributed by atoms with van der Waals surface area (Å²) < 4.78 is 0. The third kappa shape index (κ3) is 6.14. The molecule has 2 aromatic carbocycles. The van der Waals surface area contributed by atoms with Gasteiger partial charge in [-0.1, -0.05) is 42.5 Å². The molecule has 0 aliphatic heterocycles. The van der Waals surface area contributed by atoms with Crippen molar-refractivity contribution in [2.24, 2.45) is 10.7 Å².